The van der Waals surface area contributed by atoms with Gasteiger partial charge >= 0.3 is 0 Å². The second-order valence-electron chi connectivity index (χ2n) is 7.62. The summed E-state index contributed by atoms with van der Waals surface area (Å²) in [6.07, 6.45) is 4.81. The molecule has 2 aliphatic heterocycles. The van der Waals surface area contributed by atoms with E-state index >= 15 is 0 Å². The Morgan fingerprint density at radius 1 is 1.24 bits per heavy atom. The zero-order valence-corrected chi connectivity index (χ0v) is 16.2. The molecule has 0 radical (unpaired) electrons. The Labute approximate surface area is 153 Å². The van der Waals surface area contributed by atoms with Gasteiger partial charge in [-0.2, -0.15) is 0 Å². The van der Waals surface area contributed by atoms with E-state index in [0.29, 0.717) is 6.42 Å². The summed E-state index contributed by atoms with van der Waals surface area (Å²) in [4.78, 5) is 24.9. The number of hydrogen-bond acceptors (Lipinski definition) is 5. The molecule has 1 spiro atoms. The average molecular weight is 362 g/mol. The van der Waals surface area contributed by atoms with Gasteiger partial charge in [-0.1, -0.05) is 0 Å². The molecule has 0 saturated carbocycles. The summed E-state index contributed by atoms with van der Waals surface area (Å²) in [5.74, 6) is 0.286. The highest BCUT2D eigenvalue weighted by molar-refractivity contribution is 7.15. The molecule has 7 heteroatoms. The molecule has 136 valence electrons. The minimum Gasteiger partial charge on any atom is -0.346 e. The Kier molecular flexibility index (Phi) is 4.33. The van der Waals surface area contributed by atoms with Crippen LogP contribution in [0.2, 0.25) is 0 Å². The Balaban J connectivity index is 1.55. The highest BCUT2D eigenvalue weighted by Gasteiger charge is 2.41. The fourth-order valence-corrected chi connectivity index (χ4v) is 5.10. The van der Waals surface area contributed by atoms with Crippen LogP contribution in [0.25, 0.3) is 4.96 Å². The standard InChI is InChI=1S/C18H27N5OS/c1-14-15(23-10-11-25-17(23)19-14)12-22-9-8-21(3)18(13-22)5-4-16(24)20(2)7-6-18/h10-11H,4-9,12-13H2,1-3H3. The molecule has 0 bridgehead atoms. The van der Waals surface area contributed by atoms with E-state index < -0.39 is 0 Å². The molecule has 2 aromatic heterocycles. The van der Waals surface area contributed by atoms with Gasteiger partial charge in [-0.25, -0.2) is 4.98 Å². The summed E-state index contributed by atoms with van der Waals surface area (Å²) in [6, 6.07) is 0. The van der Waals surface area contributed by atoms with Gasteiger partial charge in [-0.3, -0.25) is 19.0 Å². The number of likely N-dealkylation sites (N-methyl/N-ethyl adjacent to an activating group) is 1. The second-order valence-corrected chi connectivity index (χ2v) is 8.49. The summed E-state index contributed by atoms with van der Waals surface area (Å²) in [7, 11) is 4.17. The second kappa shape index (κ2) is 6.37. The zero-order valence-electron chi connectivity index (χ0n) is 15.4. The number of rotatable bonds is 2. The molecule has 0 N–H and O–H groups in total. The Morgan fingerprint density at radius 3 is 2.92 bits per heavy atom. The lowest BCUT2D eigenvalue weighted by Gasteiger charge is -2.49. The van der Waals surface area contributed by atoms with Gasteiger partial charge < -0.3 is 4.90 Å². The smallest absolute Gasteiger partial charge is 0.222 e. The van der Waals surface area contributed by atoms with Crippen molar-refractivity contribution in [2.45, 2.75) is 38.3 Å². The molecule has 1 amide bonds. The van der Waals surface area contributed by atoms with Gasteiger partial charge in [-0.15, -0.1) is 11.3 Å². The third kappa shape index (κ3) is 2.98. The number of fused-ring (bicyclic) bond motifs is 1. The van der Waals surface area contributed by atoms with Crippen molar-refractivity contribution < 1.29 is 4.79 Å². The quantitative estimate of drug-likeness (QED) is 0.819. The molecule has 2 saturated heterocycles. The van der Waals surface area contributed by atoms with Crippen molar-refractivity contribution in [3.63, 3.8) is 0 Å². The summed E-state index contributed by atoms with van der Waals surface area (Å²) >= 11 is 1.69. The molecule has 4 heterocycles. The number of carbonyl (C=O) groups is 1. The third-order valence-corrected chi connectivity index (χ3v) is 6.91. The lowest BCUT2D eigenvalue weighted by molar-refractivity contribution is -0.129. The van der Waals surface area contributed by atoms with Crippen LogP contribution >= 0.6 is 11.3 Å². The van der Waals surface area contributed by atoms with Crippen LogP contribution in [0.15, 0.2) is 11.6 Å². The fraction of sp³-hybridized carbons (Fsp3) is 0.667. The van der Waals surface area contributed by atoms with Crippen molar-refractivity contribution in [1.82, 2.24) is 24.1 Å². The van der Waals surface area contributed by atoms with Crippen LogP contribution in [0.1, 0.15) is 30.7 Å². The van der Waals surface area contributed by atoms with Crippen LogP contribution in [-0.4, -0.2) is 75.8 Å². The van der Waals surface area contributed by atoms with Gasteiger partial charge in [0.25, 0.3) is 0 Å². The van der Waals surface area contributed by atoms with Crippen molar-refractivity contribution in [3.8, 4) is 0 Å². The molecule has 1 atom stereocenters. The number of thiazole rings is 1. The fourth-order valence-electron chi connectivity index (χ4n) is 4.32. The normalized spacial score (nSPS) is 26.7. The maximum absolute atomic E-state index is 12.1. The van der Waals surface area contributed by atoms with Gasteiger partial charge in [0, 0.05) is 63.3 Å². The lowest BCUT2D eigenvalue weighted by Crippen LogP contribution is -2.60. The van der Waals surface area contributed by atoms with E-state index in [2.05, 4.69) is 44.7 Å². The molecule has 4 rings (SSSR count). The molecule has 1 unspecified atom stereocenters. The number of likely N-dealkylation sites (tertiary alicyclic amines) is 1. The number of imidazole rings is 1. The molecule has 0 aromatic carbocycles. The number of aryl methyl sites for hydroxylation is 1. The molecular weight excluding hydrogens is 334 g/mol. The van der Waals surface area contributed by atoms with Crippen molar-refractivity contribution >= 4 is 22.2 Å². The van der Waals surface area contributed by atoms with E-state index in [1.165, 1.54) is 5.69 Å². The monoisotopic (exact) mass is 361 g/mol. The first-order chi connectivity index (χ1) is 12.0. The van der Waals surface area contributed by atoms with Gasteiger partial charge in [0.15, 0.2) is 4.96 Å². The summed E-state index contributed by atoms with van der Waals surface area (Å²) < 4.78 is 2.23. The number of carbonyl (C=O) groups excluding carboxylic acids is 1. The highest BCUT2D eigenvalue weighted by Crippen LogP contribution is 2.32. The highest BCUT2D eigenvalue weighted by atomic mass is 32.1. The van der Waals surface area contributed by atoms with Crippen LogP contribution in [0.3, 0.4) is 0 Å². The lowest BCUT2D eigenvalue weighted by atomic mass is 9.86. The molecule has 6 nitrogen and oxygen atoms in total. The largest absolute Gasteiger partial charge is 0.346 e. The molecule has 25 heavy (non-hydrogen) atoms. The SMILES string of the molecule is Cc1nc2sccn2c1CN1CCN(C)C2(CCC(=O)N(C)CC2)C1. The number of hydrogen-bond donors (Lipinski definition) is 0. The first-order valence-electron chi connectivity index (χ1n) is 9.07. The van der Waals surface area contributed by atoms with Crippen molar-refractivity contribution in [1.29, 1.82) is 0 Å². The van der Waals surface area contributed by atoms with E-state index in [-0.39, 0.29) is 11.4 Å². The van der Waals surface area contributed by atoms with Crippen LogP contribution in [0, 0.1) is 6.92 Å². The van der Waals surface area contributed by atoms with Gasteiger partial charge in [0.2, 0.25) is 5.91 Å². The Morgan fingerprint density at radius 2 is 2.08 bits per heavy atom. The average Bonchev–Trinajstić information content (AvgIpc) is 3.11. The summed E-state index contributed by atoms with van der Waals surface area (Å²) in [6.45, 7) is 7.06. The van der Waals surface area contributed by atoms with E-state index in [1.54, 1.807) is 11.3 Å². The first-order valence-corrected chi connectivity index (χ1v) is 9.95. The maximum atomic E-state index is 12.1. The van der Waals surface area contributed by atoms with Crippen molar-refractivity contribution in [2.24, 2.45) is 0 Å². The van der Waals surface area contributed by atoms with Crippen LogP contribution in [0.4, 0.5) is 0 Å². The van der Waals surface area contributed by atoms with Gasteiger partial charge in [-0.05, 0) is 26.8 Å². The predicted molar refractivity (Wildman–Crippen MR) is 99.9 cm³/mol. The van der Waals surface area contributed by atoms with Crippen LogP contribution in [-0.2, 0) is 11.3 Å². The molecule has 2 aliphatic rings. The maximum Gasteiger partial charge on any atom is 0.222 e. The zero-order chi connectivity index (χ0) is 17.6. The number of piperazine rings is 1. The van der Waals surface area contributed by atoms with Gasteiger partial charge in [0.05, 0.1) is 11.4 Å². The molecule has 2 aromatic rings. The minimum absolute atomic E-state index is 0.116. The number of aromatic nitrogens is 2. The predicted octanol–water partition coefficient (Wildman–Crippen LogP) is 1.83. The third-order valence-electron chi connectivity index (χ3n) is 6.16. The van der Waals surface area contributed by atoms with E-state index in [9.17, 15) is 4.79 Å². The van der Waals surface area contributed by atoms with E-state index in [4.69, 9.17) is 0 Å². The first kappa shape index (κ1) is 17.0. The topological polar surface area (TPSA) is 44.1 Å². The number of amides is 1. The molecule has 0 aliphatic carbocycles. The van der Waals surface area contributed by atoms with Gasteiger partial charge in [0.1, 0.15) is 0 Å². The van der Waals surface area contributed by atoms with Crippen molar-refractivity contribution in [2.75, 3.05) is 40.3 Å². The summed E-state index contributed by atoms with van der Waals surface area (Å²) in [5.41, 5.74) is 2.55. The number of nitrogens with zero attached hydrogens (tertiary/aromatic N) is 5. The van der Waals surface area contributed by atoms with E-state index in [0.717, 1.165) is 56.2 Å². The minimum atomic E-state index is 0.116. The van der Waals surface area contributed by atoms with Crippen LogP contribution < -0.4 is 0 Å². The summed E-state index contributed by atoms with van der Waals surface area (Å²) in [5, 5.41) is 2.10. The molecule has 2 fully saturated rings. The van der Waals surface area contributed by atoms with Crippen molar-refractivity contribution in [3.05, 3.63) is 23.0 Å². The Bertz CT molecular complexity index is 784. The van der Waals surface area contributed by atoms with Crippen LogP contribution in [0.5, 0.6) is 0 Å². The van der Waals surface area contributed by atoms with E-state index in [1.807, 2.05) is 11.9 Å². The Hall–Kier alpha value is -1.44. The molecular formula is C18H27N5OS.